The molecule has 3 aromatic rings. The molecule has 1 unspecified atom stereocenters. The maximum absolute atomic E-state index is 13.3. The number of rotatable bonds is 5. The number of aryl methyl sites for hydroxylation is 2. The molecule has 6 heteroatoms. The Balaban J connectivity index is 1.26. The van der Waals surface area contributed by atoms with Crippen LogP contribution in [0.25, 0.3) is 5.69 Å². The van der Waals surface area contributed by atoms with Gasteiger partial charge in [0, 0.05) is 31.5 Å². The van der Waals surface area contributed by atoms with Crippen molar-refractivity contribution in [2.75, 3.05) is 19.6 Å². The van der Waals surface area contributed by atoms with Crippen LogP contribution < -0.4 is 0 Å². The summed E-state index contributed by atoms with van der Waals surface area (Å²) in [5.74, 6) is 0.303. The summed E-state index contributed by atoms with van der Waals surface area (Å²) in [6.45, 7) is 8.22. The summed E-state index contributed by atoms with van der Waals surface area (Å²) in [5.41, 5.74) is 5.26. The molecule has 2 aliphatic heterocycles. The van der Waals surface area contributed by atoms with Gasteiger partial charge in [-0.25, -0.2) is 4.68 Å². The van der Waals surface area contributed by atoms with Crippen molar-refractivity contribution in [1.29, 1.82) is 0 Å². The molecule has 2 aliphatic rings. The number of carbonyl (C=O) groups excluding carboxylic acids is 1. The highest BCUT2D eigenvalue weighted by atomic mass is 16.2. The van der Waals surface area contributed by atoms with E-state index in [1.54, 1.807) is 6.20 Å². The van der Waals surface area contributed by atoms with Gasteiger partial charge in [0.25, 0.3) is 0 Å². The molecule has 2 saturated heterocycles. The number of aromatic nitrogens is 3. The average molecular weight is 416 g/mol. The third kappa shape index (κ3) is 3.88. The van der Waals surface area contributed by atoms with Crippen molar-refractivity contribution in [3.8, 4) is 5.69 Å². The van der Waals surface area contributed by atoms with Crippen molar-refractivity contribution < 1.29 is 4.79 Å². The summed E-state index contributed by atoms with van der Waals surface area (Å²) in [6.07, 6.45) is 3.69. The van der Waals surface area contributed by atoms with Crippen LogP contribution in [0.1, 0.15) is 35.5 Å². The molecule has 1 spiro atoms. The van der Waals surface area contributed by atoms with E-state index in [4.69, 9.17) is 0 Å². The molecule has 0 aliphatic carbocycles. The van der Waals surface area contributed by atoms with E-state index in [-0.39, 0.29) is 5.41 Å². The Bertz CT molecular complexity index is 1090. The van der Waals surface area contributed by atoms with Crippen molar-refractivity contribution in [2.45, 2.75) is 39.8 Å². The Morgan fingerprint density at radius 1 is 1.00 bits per heavy atom. The molecule has 0 radical (unpaired) electrons. The van der Waals surface area contributed by atoms with Crippen molar-refractivity contribution in [3.05, 3.63) is 77.4 Å². The average Bonchev–Trinajstić information content (AvgIpc) is 3.42. The van der Waals surface area contributed by atoms with E-state index in [2.05, 4.69) is 52.2 Å². The van der Waals surface area contributed by atoms with Gasteiger partial charge < -0.3 is 4.90 Å². The molecule has 0 N–H and O–H groups in total. The van der Waals surface area contributed by atoms with Gasteiger partial charge in [0.05, 0.1) is 29.0 Å². The number of hydrogen-bond donors (Lipinski definition) is 0. The monoisotopic (exact) mass is 415 g/mol. The summed E-state index contributed by atoms with van der Waals surface area (Å²) >= 11 is 0. The summed E-state index contributed by atoms with van der Waals surface area (Å²) in [4.78, 5) is 22.1. The predicted octanol–water partition coefficient (Wildman–Crippen LogP) is 3.51. The molecule has 1 amide bonds. The van der Waals surface area contributed by atoms with Crippen LogP contribution in [0, 0.1) is 19.3 Å². The fourth-order valence-electron chi connectivity index (χ4n) is 5.14. The van der Waals surface area contributed by atoms with E-state index in [1.807, 2.05) is 34.7 Å². The standard InChI is InChI=1S/C25H29N5O/c1-19-14-20(2)30(27-19)23-8-5-6-21(15-23)16-28-12-9-25(18-28)10-13-29(24(25)31)17-22-7-3-4-11-26-22/h3-8,11,14-15H,9-10,12-13,16-18H2,1-2H3. The van der Waals surface area contributed by atoms with Crippen molar-refractivity contribution in [2.24, 2.45) is 5.41 Å². The van der Waals surface area contributed by atoms with Crippen LogP contribution in [0.2, 0.25) is 0 Å². The molecule has 5 rings (SSSR count). The maximum Gasteiger partial charge on any atom is 0.230 e. The van der Waals surface area contributed by atoms with E-state index in [0.717, 1.165) is 61.8 Å². The number of hydrogen-bond acceptors (Lipinski definition) is 4. The molecular weight excluding hydrogens is 386 g/mol. The zero-order chi connectivity index (χ0) is 21.4. The number of likely N-dealkylation sites (tertiary alicyclic amines) is 2. The Labute approximate surface area is 183 Å². The van der Waals surface area contributed by atoms with Crippen LogP contribution in [0.4, 0.5) is 0 Å². The second kappa shape index (κ2) is 7.93. The normalized spacial score (nSPS) is 21.5. The van der Waals surface area contributed by atoms with Gasteiger partial charge in [0.2, 0.25) is 5.91 Å². The number of amides is 1. The molecule has 2 aromatic heterocycles. The van der Waals surface area contributed by atoms with Gasteiger partial charge in [-0.05, 0) is 69.1 Å². The highest BCUT2D eigenvalue weighted by molar-refractivity contribution is 5.85. The number of nitrogens with zero attached hydrogens (tertiary/aromatic N) is 5. The van der Waals surface area contributed by atoms with E-state index in [1.165, 1.54) is 5.56 Å². The molecule has 4 heterocycles. The van der Waals surface area contributed by atoms with E-state index < -0.39 is 0 Å². The molecule has 31 heavy (non-hydrogen) atoms. The van der Waals surface area contributed by atoms with Gasteiger partial charge >= 0.3 is 0 Å². The maximum atomic E-state index is 13.3. The van der Waals surface area contributed by atoms with Crippen LogP contribution in [0.5, 0.6) is 0 Å². The summed E-state index contributed by atoms with van der Waals surface area (Å²) < 4.78 is 2.00. The number of pyridine rings is 1. The lowest BCUT2D eigenvalue weighted by Crippen LogP contribution is -2.36. The van der Waals surface area contributed by atoms with E-state index in [9.17, 15) is 4.79 Å². The topological polar surface area (TPSA) is 54.3 Å². The van der Waals surface area contributed by atoms with Crippen LogP contribution in [-0.4, -0.2) is 50.1 Å². The smallest absolute Gasteiger partial charge is 0.230 e. The van der Waals surface area contributed by atoms with Crippen LogP contribution in [0.15, 0.2) is 54.7 Å². The second-order valence-corrected chi connectivity index (χ2v) is 9.05. The Hall–Kier alpha value is -2.99. The van der Waals surface area contributed by atoms with Crippen LogP contribution in [0.3, 0.4) is 0 Å². The van der Waals surface area contributed by atoms with Crippen molar-refractivity contribution in [3.63, 3.8) is 0 Å². The first-order valence-electron chi connectivity index (χ1n) is 11.1. The first-order chi connectivity index (χ1) is 15.0. The molecule has 160 valence electrons. The third-order valence-electron chi connectivity index (χ3n) is 6.68. The summed E-state index contributed by atoms with van der Waals surface area (Å²) in [7, 11) is 0. The Morgan fingerprint density at radius 3 is 2.65 bits per heavy atom. The first-order valence-corrected chi connectivity index (χ1v) is 11.1. The minimum atomic E-state index is -0.220. The fraction of sp³-hybridized carbons (Fsp3) is 0.400. The minimum absolute atomic E-state index is 0.220. The Kier molecular flexibility index (Phi) is 5.10. The molecule has 1 atom stereocenters. The van der Waals surface area contributed by atoms with Gasteiger partial charge in [0.1, 0.15) is 0 Å². The van der Waals surface area contributed by atoms with Gasteiger partial charge in [-0.3, -0.25) is 14.7 Å². The molecule has 1 aromatic carbocycles. The third-order valence-corrected chi connectivity index (χ3v) is 6.68. The molecule has 0 bridgehead atoms. The summed E-state index contributed by atoms with van der Waals surface area (Å²) in [6, 6.07) is 16.6. The van der Waals surface area contributed by atoms with Crippen LogP contribution in [-0.2, 0) is 17.9 Å². The lowest BCUT2D eigenvalue weighted by Gasteiger charge is -2.24. The minimum Gasteiger partial charge on any atom is -0.336 e. The van der Waals surface area contributed by atoms with E-state index >= 15 is 0 Å². The van der Waals surface area contributed by atoms with Crippen molar-refractivity contribution in [1.82, 2.24) is 24.6 Å². The molecule has 6 nitrogen and oxygen atoms in total. The fourth-order valence-corrected chi connectivity index (χ4v) is 5.14. The number of benzene rings is 1. The highest BCUT2D eigenvalue weighted by Gasteiger charge is 2.50. The SMILES string of the molecule is Cc1cc(C)n(-c2cccc(CN3CCC4(CCN(Cc5ccccn5)C4=O)C3)c2)n1. The lowest BCUT2D eigenvalue weighted by molar-refractivity contribution is -0.136. The predicted molar refractivity (Wildman–Crippen MR) is 120 cm³/mol. The van der Waals surface area contributed by atoms with Gasteiger partial charge in [0.15, 0.2) is 0 Å². The zero-order valence-corrected chi connectivity index (χ0v) is 18.3. The van der Waals surface area contributed by atoms with Gasteiger partial charge in [-0.2, -0.15) is 5.10 Å². The summed E-state index contributed by atoms with van der Waals surface area (Å²) in [5, 5.41) is 4.61. The van der Waals surface area contributed by atoms with Crippen molar-refractivity contribution >= 4 is 5.91 Å². The van der Waals surface area contributed by atoms with Crippen LogP contribution >= 0.6 is 0 Å². The van der Waals surface area contributed by atoms with E-state index in [0.29, 0.717) is 12.5 Å². The number of carbonyl (C=O) groups is 1. The Morgan fingerprint density at radius 2 is 1.87 bits per heavy atom. The molecular formula is C25H29N5O. The van der Waals surface area contributed by atoms with Gasteiger partial charge in [-0.15, -0.1) is 0 Å². The molecule has 0 saturated carbocycles. The lowest BCUT2D eigenvalue weighted by atomic mass is 9.85. The van der Waals surface area contributed by atoms with Gasteiger partial charge in [-0.1, -0.05) is 18.2 Å². The highest BCUT2D eigenvalue weighted by Crippen LogP contribution is 2.41. The zero-order valence-electron chi connectivity index (χ0n) is 18.3. The largest absolute Gasteiger partial charge is 0.336 e. The second-order valence-electron chi connectivity index (χ2n) is 9.05. The molecule has 2 fully saturated rings. The first kappa shape index (κ1) is 19.9. The quantitative estimate of drug-likeness (QED) is 0.640.